The maximum atomic E-state index is 12.8. The van der Waals surface area contributed by atoms with Crippen LogP contribution in [0.4, 0.5) is 13.2 Å². The van der Waals surface area contributed by atoms with Gasteiger partial charge in [0.1, 0.15) is 0 Å². The molecule has 2 aromatic rings. The first-order chi connectivity index (χ1) is 12.6. The molecular weight excluding hydrogens is 359 g/mol. The van der Waals surface area contributed by atoms with Gasteiger partial charge in [0, 0.05) is 24.1 Å². The van der Waals surface area contributed by atoms with Crippen molar-refractivity contribution in [2.45, 2.75) is 51.9 Å². The van der Waals surface area contributed by atoms with Crippen molar-refractivity contribution in [3.63, 3.8) is 0 Å². The van der Waals surface area contributed by atoms with E-state index in [1.54, 1.807) is 24.3 Å². The molecule has 2 saturated carbocycles. The Morgan fingerprint density at radius 3 is 2.37 bits per heavy atom. The van der Waals surface area contributed by atoms with E-state index in [0.717, 1.165) is 24.8 Å². The van der Waals surface area contributed by atoms with E-state index in [1.807, 2.05) is 4.90 Å². The molecule has 4 rings (SSSR count). The molecule has 1 heterocycles. The second kappa shape index (κ2) is 6.07. The van der Waals surface area contributed by atoms with E-state index in [-0.39, 0.29) is 23.1 Å². The topological polar surface area (TPSA) is 59.2 Å². The highest BCUT2D eigenvalue weighted by atomic mass is 19.4. The van der Waals surface area contributed by atoms with Crippen molar-refractivity contribution in [3.05, 3.63) is 35.7 Å². The summed E-state index contributed by atoms with van der Waals surface area (Å²) in [5, 5.41) is 3.39. The number of alkyl halides is 3. The fraction of sp³-hybridized carbons (Fsp3) is 0.526. The lowest BCUT2D eigenvalue weighted by molar-refractivity contribution is -0.159. The third-order valence-corrected chi connectivity index (χ3v) is 5.32. The predicted molar refractivity (Wildman–Crippen MR) is 90.2 cm³/mol. The lowest BCUT2D eigenvalue weighted by Gasteiger charge is -2.23. The van der Waals surface area contributed by atoms with E-state index in [1.165, 1.54) is 0 Å². The zero-order valence-electron chi connectivity index (χ0n) is 15.1. The molecule has 0 bridgehead atoms. The highest BCUT2D eigenvalue weighted by Gasteiger charge is 2.53. The number of amides is 1. The number of carbonyl (C=O) groups excluding carboxylic acids is 1. The third-order valence-electron chi connectivity index (χ3n) is 5.32. The summed E-state index contributed by atoms with van der Waals surface area (Å²) in [5.74, 6) is -1.17. The Labute approximate surface area is 154 Å². The van der Waals surface area contributed by atoms with Gasteiger partial charge >= 0.3 is 12.1 Å². The van der Waals surface area contributed by atoms with Crippen LogP contribution in [0.2, 0.25) is 0 Å². The molecule has 0 radical (unpaired) electrons. The van der Waals surface area contributed by atoms with Gasteiger partial charge in [0.2, 0.25) is 11.7 Å². The average molecular weight is 379 g/mol. The number of benzene rings is 1. The molecule has 0 saturated heterocycles. The minimum atomic E-state index is -4.66. The van der Waals surface area contributed by atoms with Crippen LogP contribution in [-0.4, -0.2) is 27.0 Å². The molecule has 0 spiro atoms. The molecule has 144 valence electrons. The monoisotopic (exact) mass is 379 g/mol. The van der Waals surface area contributed by atoms with Crippen molar-refractivity contribution in [3.8, 4) is 11.4 Å². The molecule has 1 amide bonds. The van der Waals surface area contributed by atoms with Gasteiger partial charge in [-0.15, -0.1) is 0 Å². The maximum absolute atomic E-state index is 12.8. The largest absolute Gasteiger partial charge is 0.471 e. The molecule has 2 aliphatic rings. The molecular formula is C19H20F3N3O2. The van der Waals surface area contributed by atoms with Gasteiger partial charge in [-0.1, -0.05) is 43.3 Å². The standard InChI is InChI=1S/C19H20F3N3O2/c1-18(2)9-14(18)16(26)25(13-7-8-13)10-11-3-5-12(6-4-11)15-23-17(27-24-15)19(20,21)22/h3-6,13-14H,7-10H2,1-2H3. The zero-order valence-corrected chi connectivity index (χ0v) is 15.1. The van der Waals surface area contributed by atoms with Crippen LogP contribution in [0.5, 0.6) is 0 Å². The first-order valence-corrected chi connectivity index (χ1v) is 8.96. The third kappa shape index (κ3) is 3.70. The van der Waals surface area contributed by atoms with E-state index in [2.05, 4.69) is 28.5 Å². The van der Waals surface area contributed by atoms with Crippen LogP contribution in [0.3, 0.4) is 0 Å². The van der Waals surface area contributed by atoms with Gasteiger partial charge in [-0.25, -0.2) is 0 Å². The number of nitrogens with zero attached hydrogens (tertiary/aromatic N) is 3. The number of hydrogen-bond donors (Lipinski definition) is 0. The fourth-order valence-corrected chi connectivity index (χ4v) is 3.27. The van der Waals surface area contributed by atoms with Crippen molar-refractivity contribution in [2.24, 2.45) is 11.3 Å². The van der Waals surface area contributed by atoms with E-state index in [9.17, 15) is 18.0 Å². The van der Waals surface area contributed by atoms with Crippen molar-refractivity contribution in [1.82, 2.24) is 15.0 Å². The average Bonchev–Trinajstić information content (AvgIpc) is 3.48. The van der Waals surface area contributed by atoms with Gasteiger partial charge in [-0.2, -0.15) is 18.2 Å². The van der Waals surface area contributed by atoms with Gasteiger partial charge in [-0.05, 0) is 30.2 Å². The number of halogens is 3. The summed E-state index contributed by atoms with van der Waals surface area (Å²) in [5.41, 5.74) is 1.45. The molecule has 1 unspecified atom stereocenters. The summed E-state index contributed by atoms with van der Waals surface area (Å²) in [6.07, 6.45) is -1.68. The smallest absolute Gasteiger partial charge is 0.335 e. The summed E-state index contributed by atoms with van der Waals surface area (Å²) in [6.45, 7) is 4.72. The number of aromatic nitrogens is 2. The summed E-state index contributed by atoms with van der Waals surface area (Å²) in [4.78, 5) is 18.1. The van der Waals surface area contributed by atoms with E-state index >= 15 is 0 Å². The number of carbonyl (C=O) groups is 1. The molecule has 1 aromatic heterocycles. The van der Waals surface area contributed by atoms with Gasteiger partial charge < -0.3 is 9.42 Å². The minimum absolute atomic E-state index is 0.0862. The van der Waals surface area contributed by atoms with Gasteiger partial charge in [0.15, 0.2) is 0 Å². The Morgan fingerprint density at radius 1 is 1.26 bits per heavy atom. The van der Waals surface area contributed by atoms with Crippen molar-refractivity contribution >= 4 is 5.91 Å². The van der Waals surface area contributed by atoms with Crippen molar-refractivity contribution in [1.29, 1.82) is 0 Å². The highest BCUT2D eigenvalue weighted by Crippen LogP contribution is 2.53. The maximum Gasteiger partial charge on any atom is 0.471 e. The zero-order chi connectivity index (χ0) is 19.4. The molecule has 2 aliphatic carbocycles. The Kier molecular flexibility index (Phi) is 4.05. The lowest BCUT2D eigenvalue weighted by Crippen LogP contribution is -2.34. The quantitative estimate of drug-likeness (QED) is 0.778. The molecule has 1 aromatic carbocycles. The number of rotatable bonds is 5. The normalized spacial score (nSPS) is 21.1. The summed E-state index contributed by atoms with van der Waals surface area (Å²) >= 11 is 0. The molecule has 5 nitrogen and oxygen atoms in total. The first-order valence-electron chi connectivity index (χ1n) is 8.96. The summed E-state index contributed by atoms with van der Waals surface area (Å²) < 4.78 is 42.0. The Bertz CT molecular complexity index is 854. The molecule has 8 heteroatoms. The molecule has 27 heavy (non-hydrogen) atoms. The first kappa shape index (κ1) is 18.0. The van der Waals surface area contributed by atoms with E-state index in [0.29, 0.717) is 18.2 Å². The molecule has 2 fully saturated rings. The van der Waals surface area contributed by atoms with Crippen LogP contribution in [0.1, 0.15) is 44.6 Å². The van der Waals surface area contributed by atoms with Crippen molar-refractivity contribution < 1.29 is 22.5 Å². The van der Waals surface area contributed by atoms with Crippen LogP contribution in [-0.2, 0) is 17.5 Å². The molecule has 1 atom stereocenters. The number of hydrogen-bond acceptors (Lipinski definition) is 4. The van der Waals surface area contributed by atoms with Crippen LogP contribution >= 0.6 is 0 Å². The Hall–Kier alpha value is -2.38. The fourth-order valence-electron chi connectivity index (χ4n) is 3.27. The minimum Gasteiger partial charge on any atom is -0.335 e. The Morgan fingerprint density at radius 2 is 1.89 bits per heavy atom. The Balaban J connectivity index is 1.47. The summed E-state index contributed by atoms with van der Waals surface area (Å²) in [6, 6.07) is 7.19. The van der Waals surface area contributed by atoms with Crippen molar-refractivity contribution in [2.75, 3.05) is 0 Å². The van der Waals surface area contributed by atoms with E-state index < -0.39 is 12.1 Å². The molecule has 0 N–H and O–H groups in total. The second-order valence-electron chi connectivity index (χ2n) is 8.06. The highest BCUT2D eigenvalue weighted by molar-refractivity contribution is 5.83. The van der Waals surface area contributed by atoms with Crippen LogP contribution < -0.4 is 0 Å². The SMILES string of the molecule is CC1(C)CC1C(=O)N(Cc1ccc(-c2noc(C(F)(F)F)n2)cc1)C1CC1. The van der Waals surface area contributed by atoms with Gasteiger partial charge in [-0.3, -0.25) is 4.79 Å². The van der Waals surface area contributed by atoms with Crippen LogP contribution in [0.25, 0.3) is 11.4 Å². The van der Waals surface area contributed by atoms with Crippen LogP contribution in [0.15, 0.2) is 28.8 Å². The second-order valence-corrected chi connectivity index (χ2v) is 8.06. The van der Waals surface area contributed by atoms with Crippen LogP contribution in [0, 0.1) is 11.3 Å². The lowest BCUT2D eigenvalue weighted by atomic mass is 10.1. The van der Waals surface area contributed by atoms with E-state index in [4.69, 9.17) is 0 Å². The predicted octanol–water partition coefficient (Wildman–Crippen LogP) is 4.29. The van der Waals surface area contributed by atoms with Gasteiger partial charge in [0.25, 0.3) is 0 Å². The summed E-state index contributed by atoms with van der Waals surface area (Å²) in [7, 11) is 0. The van der Waals surface area contributed by atoms with Gasteiger partial charge in [0.05, 0.1) is 0 Å². The molecule has 0 aliphatic heterocycles.